The second kappa shape index (κ2) is 2.78. The number of methoxy groups -OCH3 is 1. The number of hydrogen-bond acceptors (Lipinski definition) is 1. The van der Waals surface area contributed by atoms with Crippen LogP contribution in [0.5, 0.6) is 5.75 Å². The zero-order valence-electron chi connectivity index (χ0n) is 6.64. The highest BCUT2D eigenvalue weighted by Gasteiger charge is 1.94. The first-order valence-electron chi connectivity index (χ1n) is 3.35. The fraction of sp³-hybridized carbons (Fsp3) is 0.250. The number of aryl methyl sites for hydroxylation is 1. The van der Waals surface area contributed by atoms with E-state index in [0.29, 0.717) is 0 Å². The van der Waals surface area contributed by atoms with Crippen molar-refractivity contribution in [3.8, 4) is 5.75 Å². The van der Waals surface area contributed by atoms with E-state index in [9.17, 15) is 0 Å². The van der Waals surface area contributed by atoms with Crippen LogP contribution < -0.4 is 10.2 Å². The molecular weight excluding hydrogens is 123 g/mol. The number of benzene rings is 1. The summed E-state index contributed by atoms with van der Waals surface area (Å²) >= 11 is 0. The molecule has 1 rings (SSSR count). The Hall–Kier alpha value is -0.915. The molecule has 0 radical (unpaired) electrons. The molecule has 0 aromatic heterocycles. The third-order valence-corrected chi connectivity index (χ3v) is 1.55. The van der Waals surface area contributed by atoms with Gasteiger partial charge in [0.25, 0.3) is 0 Å². The molecule has 0 fully saturated rings. The Balaban J connectivity index is 3.07. The van der Waals surface area contributed by atoms with Gasteiger partial charge < -0.3 is 4.74 Å². The lowest BCUT2D eigenvalue weighted by atomic mass is 9.94. The second-order valence-electron chi connectivity index (χ2n) is 2.47. The van der Waals surface area contributed by atoms with Crippen molar-refractivity contribution in [2.45, 2.75) is 6.92 Å². The smallest absolute Gasteiger partial charge is 0.139 e. The molecule has 0 saturated carbocycles. The summed E-state index contributed by atoms with van der Waals surface area (Å²) in [7, 11) is 3.77. The second-order valence-corrected chi connectivity index (χ2v) is 2.47. The van der Waals surface area contributed by atoms with Crippen molar-refractivity contribution in [3.05, 3.63) is 23.8 Å². The average molecular weight is 134 g/mol. The van der Waals surface area contributed by atoms with E-state index in [4.69, 9.17) is 4.74 Å². The van der Waals surface area contributed by atoms with Crippen LogP contribution in [0.15, 0.2) is 18.2 Å². The Morgan fingerprint density at radius 1 is 1.40 bits per heavy atom. The van der Waals surface area contributed by atoms with E-state index >= 15 is 0 Å². The Morgan fingerprint density at radius 3 is 2.60 bits per heavy atom. The maximum absolute atomic E-state index is 5.10. The third-order valence-electron chi connectivity index (χ3n) is 1.55. The Labute approximate surface area is 62.4 Å². The van der Waals surface area contributed by atoms with Gasteiger partial charge >= 0.3 is 0 Å². The van der Waals surface area contributed by atoms with Crippen molar-refractivity contribution in [2.24, 2.45) is 0 Å². The monoisotopic (exact) mass is 134 g/mol. The lowest BCUT2D eigenvalue weighted by molar-refractivity contribution is 0.412. The van der Waals surface area contributed by atoms with Crippen LogP contribution in [0.1, 0.15) is 5.56 Å². The Morgan fingerprint density at radius 2 is 2.10 bits per heavy atom. The molecular formula is C8H11BO. The topological polar surface area (TPSA) is 9.23 Å². The molecule has 0 saturated heterocycles. The van der Waals surface area contributed by atoms with Crippen LogP contribution in [0.25, 0.3) is 0 Å². The minimum atomic E-state index is 0.964. The van der Waals surface area contributed by atoms with Gasteiger partial charge in [-0.1, -0.05) is 17.6 Å². The Bertz CT molecular complexity index is 233. The van der Waals surface area contributed by atoms with Crippen LogP contribution in [0, 0.1) is 6.92 Å². The van der Waals surface area contributed by atoms with Crippen molar-refractivity contribution in [2.75, 3.05) is 7.11 Å². The van der Waals surface area contributed by atoms with E-state index in [1.54, 1.807) is 7.11 Å². The predicted octanol–water partition coefficient (Wildman–Crippen LogP) is 0.262. The van der Waals surface area contributed by atoms with E-state index in [1.807, 2.05) is 19.1 Å². The molecule has 1 aromatic rings. The summed E-state index contributed by atoms with van der Waals surface area (Å²) in [5.74, 6) is 0.964. The van der Waals surface area contributed by atoms with Gasteiger partial charge in [0.1, 0.15) is 13.6 Å². The molecule has 0 atom stereocenters. The summed E-state index contributed by atoms with van der Waals surface area (Å²) in [5, 5.41) is 0. The van der Waals surface area contributed by atoms with Crippen LogP contribution in [0.4, 0.5) is 0 Å². The molecule has 1 nitrogen and oxygen atoms in total. The van der Waals surface area contributed by atoms with Gasteiger partial charge in [0.2, 0.25) is 0 Å². The minimum absolute atomic E-state index is 0.964. The summed E-state index contributed by atoms with van der Waals surface area (Å²) in [6, 6.07) is 6.15. The van der Waals surface area contributed by atoms with Crippen molar-refractivity contribution in [1.82, 2.24) is 0 Å². The van der Waals surface area contributed by atoms with Crippen LogP contribution in [-0.4, -0.2) is 15.0 Å². The lowest BCUT2D eigenvalue weighted by Gasteiger charge is -2.03. The van der Waals surface area contributed by atoms with Gasteiger partial charge in [-0.3, -0.25) is 0 Å². The van der Waals surface area contributed by atoms with Gasteiger partial charge in [0, 0.05) is 0 Å². The van der Waals surface area contributed by atoms with E-state index in [1.165, 1.54) is 11.0 Å². The molecule has 0 N–H and O–H groups in total. The molecule has 10 heavy (non-hydrogen) atoms. The molecule has 0 unspecified atom stereocenters. The first-order chi connectivity index (χ1) is 4.74. The molecule has 0 bridgehead atoms. The lowest BCUT2D eigenvalue weighted by Crippen LogP contribution is -2.02. The van der Waals surface area contributed by atoms with Gasteiger partial charge in [-0.15, -0.1) is 0 Å². The highest BCUT2D eigenvalue weighted by Crippen LogP contribution is 2.13. The summed E-state index contributed by atoms with van der Waals surface area (Å²) in [4.78, 5) is 0. The van der Waals surface area contributed by atoms with Crippen LogP contribution >= 0.6 is 0 Å². The van der Waals surface area contributed by atoms with Crippen molar-refractivity contribution in [3.63, 3.8) is 0 Å². The van der Waals surface area contributed by atoms with Crippen molar-refractivity contribution >= 4 is 13.3 Å². The van der Waals surface area contributed by atoms with Crippen LogP contribution in [-0.2, 0) is 0 Å². The van der Waals surface area contributed by atoms with E-state index in [0.717, 1.165) is 5.75 Å². The molecule has 0 aliphatic heterocycles. The number of ether oxygens (including phenoxy) is 1. The van der Waals surface area contributed by atoms with Crippen LogP contribution in [0.3, 0.4) is 0 Å². The normalized spacial score (nSPS) is 9.40. The quantitative estimate of drug-likeness (QED) is 0.500. The summed E-state index contributed by atoms with van der Waals surface area (Å²) < 4.78 is 5.10. The fourth-order valence-electron chi connectivity index (χ4n) is 1.03. The molecule has 0 heterocycles. The van der Waals surface area contributed by atoms with Crippen LogP contribution in [0.2, 0.25) is 0 Å². The molecule has 1 aromatic carbocycles. The zero-order valence-corrected chi connectivity index (χ0v) is 6.64. The predicted molar refractivity (Wildman–Crippen MR) is 45.9 cm³/mol. The average Bonchev–Trinajstić information content (AvgIpc) is 1.88. The van der Waals surface area contributed by atoms with E-state index < -0.39 is 0 Å². The summed E-state index contributed by atoms with van der Waals surface area (Å²) in [6.07, 6.45) is 0. The first-order valence-corrected chi connectivity index (χ1v) is 3.35. The summed E-state index contributed by atoms with van der Waals surface area (Å²) in [5.41, 5.74) is 2.47. The van der Waals surface area contributed by atoms with Gasteiger partial charge in [-0.05, 0) is 18.6 Å². The van der Waals surface area contributed by atoms with Crippen molar-refractivity contribution in [1.29, 1.82) is 0 Å². The molecule has 0 amide bonds. The Kier molecular flexibility index (Phi) is 2.00. The summed E-state index contributed by atoms with van der Waals surface area (Å²) in [6.45, 7) is 2.05. The van der Waals surface area contributed by atoms with Gasteiger partial charge in [0.15, 0.2) is 0 Å². The number of rotatable bonds is 1. The van der Waals surface area contributed by atoms with Crippen molar-refractivity contribution < 1.29 is 4.74 Å². The third kappa shape index (κ3) is 1.32. The number of hydrogen-bond donors (Lipinski definition) is 0. The maximum atomic E-state index is 5.10. The highest BCUT2D eigenvalue weighted by molar-refractivity contribution is 6.32. The van der Waals surface area contributed by atoms with E-state index in [-0.39, 0.29) is 0 Å². The molecule has 2 heteroatoms. The molecule has 0 aliphatic carbocycles. The minimum Gasteiger partial charge on any atom is -0.496 e. The molecule has 0 spiro atoms. The maximum Gasteiger partial charge on any atom is 0.139 e. The fourth-order valence-corrected chi connectivity index (χ4v) is 1.03. The van der Waals surface area contributed by atoms with Gasteiger partial charge in [-0.25, -0.2) is 0 Å². The standard InChI is InChI=1S/C8H11BO/c1-6-5-7(9)3-4-8(6)10-2/h3-5H,9H2,1-2H3. The highest BCUT2D eigenvalue weighted by atomic mass is 16.5. The largest absolute Gasteiger partial charge is 0.496 e. The first kappa shape index (κ1) is 7.20. The van der Waals surface area contributed by atoms with E-state index in [2.05, 4.69) is 13.9 Å². The molecule has 0 aliphatic rings. The molecule has 52 valence electrons. The van der Waals surface area contributed by atoms with Gasteiger partial charge in [0.05, 0.1) is 7.11 Å². The zero-order chi connectivity index (χ0) is 7.56. The van der Waals surface area contributed by atoms with Gasteiger partial charge in [-0.2, -0.15) is 0 Å². The SMILES string of the molecule is Bc1ccc(OC)c(C)c1.